The van der Waals surface area contributed by atoms with Crippen LogP contribution in [0.1, 0.15) is 34.1 Å². The molecular weight excluding hydrogens is 384 g/mol. The molecule has 2 heterocycles. The van der Waals surface area contributed by atoms with Gasteiger partial charge in [0.15, 0.2) is 0 Å². The van der Waals surface area contributed by atoms with Crippen molar-refractivity contribution >= 4 is 39.1 Å². The van der Waals surface area contributed by atoms with Crippen LogP contribution in [-0.2, 0) is 0 Å². The molecule has 1 aliphatic heterocycles. The Labute approximate surface area is 166 Å². The molecule has 1 saturated heterocycles. The summed E-state index contributed by atoms with van der Waals surface area (Å²) in [5, 5.41) is 11.9. The average Bonchev–Trinajstić information content (AvgIpc) is 3.10. The maximum absolute atomic E-state index is 12.7. The molecular formula is C20H19ClN2O3S. The standard InChI is InChI=1S/C20H19ClN2O3S/c1-26-14-3-4-15(17(24)11-14)20(25)23-8-6-12(7-9-23)19-22-16-10-13(21)2-5-18(16)27-19/h2-5,10-12,24H,6-9H2,1H3. The number of ether oxygens (including phenoxy) is 1. The van der Waals surface area contributed by atoms with Crippen molar-refractivity contribution in [1.29, 1.82) is 0 Å². The number of likely N-dealkylation sites (tertiary alicyclic amines) is 1. The predicted octanol–water partition coefficient (Wildman–Crippen LogP) is 4.68. The van der Waals surface area contributed by atoms with Crippen molar-refractivity contribution in [3.05, 3.63) is 52.0 Å². The first-order valence-electron chi connectivity index (χ1n) is 8.77. The maximum atomic E-state index is 12.7. The highest BCUT2D eigenvalue weighted by atomic mass is 35.5. The zero-order chi connectivity index (χ0) is 19.0. The van der Waals surface area contributed by atoms with Crippen LogP contribution in [0.15, 0.2) is 36.4 Å². The second-order valence-corrected chi connectivity index (χ2v) is 8.11. The molecule has 3 aromatic rings. The summed E-state index contributed by atoms with van der Waals surface area (Å²) < 4.78 is 6.21. The molecule has 1 aromatic heterocycles. The van der Waals surface area contributed by atoms with Gasteiger partial charge in [-0.25, -0.2) is 4.98 Å². The van der Waals surface area contributed by atoms with E-state index in [0.29, 0.717) is 35.3 Å². The van der Waals surface area contributed by atoms with Crippen LogP contribution < -0.4 is 4.74 Å². The van der Waals surface area contributed by atoms with E-state index in [-0.39, 0.29) is 11.7 Å². The van der Waals surface area contributed by atoms with Gasteiger partial charge in [-0.05, 0) is 43.2 Å². The summed E-state index contributed by atoms with van der Waals surface area (Å²) >= 11 is 7.75. The molecule has 2 aromatic carbocycles. The van der Waals surface area contributed by atoms with E-state index in [0.717, 1.165) is 28.1 Å². The van der Waals surface area contributed by atoms with E-state index >= 15 is 0 Å². The number of amides is 1. The highest BCUT2D eigenvalue weighted by molar-refractivity contribution is 7.18. The molecule has 140 valence electrons. The van der Waals surface area contributed by atoms with E-state index in [2.05, 4.69) is 0 Å². The largest absolute Gasteiger partial charge is 0.507 e. The van der Waals surface area contributed by atoms with Crippen LogP contribution in [0.4, 0.5) is 0 Å². The Balaban J connectivity index is 1.45. The smallest absolute Gasteiger partial charge is 0.257 e. The fraction of sp³-hybridized carbons (Fsp3) is 0.300. The Morgan fingerprint density at radius 2 is 2.04 bits per heavy atom. The normalized spacial score (nSPS) is 15.3. The van der Waals surface area contributed by atoms with E-state index in [4.69, 9.17) is 21.3 Å². The number of methoxy groups -OCH3 is 1. The molecule has 0 unspecified atom stereocenters. The lowest BCUT2D eigenvalue weighted by atomic mass is 9.97. The number of thiazole rings is 1. The van der Waals surface area contributed by atoms with Gasteiger partial charge in [0, 0.05) is 30.1 Å². The minimum absolute atomic E-state index is 0.0514. The van der Waals surface area contributed by atoms with Gasteiger partial charge < -0.3 is 14.7 Å². The van der Waals surface area contributed by atoms with Crippen LogP contribution in [0.25, 0.3) is 10.2 Å². The molecule has 0 bridgehead atoms. The summed E-state index contributed by atoms with van der Waals surface area (Å²) in [6.45, 7) is 1.29. The molecule has 7 heteroatoms. The number of aromatic nitrogens is 1. The lowest BCUT2D eigenvalue weighted by molar-refractivity contribution is 0.0710. The summed E-state index contributed by atoms with van der Waals surface area (Å²) in [6, 6.07) is 10.5. The molecule has 1 amide bonds. The number of carbonyl (C=O) groups excluding carboxylic acids is 1. The van der Waals surface area contributed by atoms with Crippen LogP contribution in [0.3, 0.4) is 0 Å². The van der Waals surface area contributed by atoms with Crippen LogP contribution in [0.5, 0.6) is 11.5 Å². The van der Waals surface area contributed by atoms with Crippen molar-refractivity contribution in [2.24, 2.45) is 0 Å². The highest BCUT2D eigenvalue weighted by Gasteiger charge is 2.27. The topological polar surface area (TPSA) is 62.7 Å². The van der Waals surface area contributed by atoms with Crippen LogP contribution in [-0.4, -0.2) is 41.1 Å². The Hall–Kier alpha value is -2.31. The Morgan fingerprint density at radius 1 is 1.26 bits per heavy atom. The summed E-state index contributed by atoms with van der Waals surface area (Å²) in [5.74, 6) is 0.669. The number of carbonyl (C=O) groups is 1. The van der Waals surface area contributed by atoms with Gasteiger partial charge in [-0.2, -0.15) is 0 Å². The Kier molecular flexibility index (Phi) is 4.93. The Morgan fingerprint density at radius 3 is 2.74 bits per heavy atom. The van der Waals surface area contributed by atoms with E-state index < -0.39 is 0 Å². The molecule has 1 fully saturated rings. The van der Waals surface area contributed by atoms with Gasteiger partial charge >= 0.3 is 0 Å². The number of benzene rings is 2. The number of phenols is 1. The number of halogens is 1. The van der Waals surface area contributed by atoms with E-state index in [1.165, 1.54) is 13.2 Å². The number of rotatable bonds is 3. The average molecular weight is 403 g/mol. The molecule has 0 aliphatic carbocycles. The van der Waals surface area contributed by atoms with Crippen molar-refractivity contribution in [2.45, 2.75) is 18.8 Å². The first-order chi connectivity index (χ1) is 13.0. The summed E-state index contributed by atoms with van der Waals surface area (Å²) in [5.41, 5.74) is 1.24. The molecule has 0 atom stereocenters. The molecule has 0 saturated carbocycles. The minimum atomic E-state index is -0.148. The quantitative estimate of drug-likeness (QED) is 0.690. The number of nitrogens with zero attached hydrogens (tertiary/aromatic N) is 2. The van der Waals surface area contributed by atoms with Gasteiger partial charge in [0.1, 0.15) is 11.5 Å². The van der Waals surface area contributed by atoms with Gasteiger partial charge in [-0.3, -0.25) is 4.79 Å². The van der Waals surface area contributed by atoms with Crippen molar-refractivity contribution in [2.75, 3.05) is 20.2 Å². The summed E-state index contributed by atoms with van der Waals surface area (Å²) in [4.78, 5) is 19.3. The lowest BCUT2D eigenvalue weighted by Gasteiger charge is -2.31. The second-order valence-electron chi connectivity index (χ2n) is 6.61. The third kappa shape index (κ3) is 3.59. The van der Waals surface area contributed by atoms with Crippen LogP contribution >= 0.6 is 22.9 Å². The summed E-state index contributed by atoms with van der Waals surface area (Å²) in [6.07, 6.45) is 1.71. The first kappa shape index (κ1) is 18.1. The van der Waals surface area contributed by atoms with Crippen molar-refractivity contribution < 1.29 is 14.6 Å². The Bertz CT molecular complexity index is 996. The lowest BCUT2D eigenvalue weighted by Crippen LogP contribution is -2.37. The van der Waals surface area contributed by atoms with Crippen LogP contribution in [0.2, 0.25) is 5.02 Å². The third-order valence-electron chi connectivity index (χ3n) is 4.93. The monoisotopic (exact) mass is 402 g/mol. The number of phenolic OH excluding ortho intramolecular Hbond substituents is 1. The van der Waals surface area contributed by atoms with Crippen molar-refractivity contribution in [1.82, 2.24) is 9.88 Å². The molecule has 0 spiro atoms. The number of hydrogen-bond acceptors (Lipinski definition) is 5. The zero-order valence-electron chi connectivity index (χ0n) is 14.8. The van der Waals surface area contributed by atoms with E-state index in [1.807, 2.05) is 18.2 Å². The zero-order valence-corrected chi connectivity index (χ0v) is 16.4. The van der Waals surface area contributed by atoms with E-state index in [9.17, 15) is 9.90 Å². The van der Waals surface area contributed by atoms with Crippen molar-refractivity contribution in [3.8, 4) is 11.5 Å². The molecule has 27 heavy (non-hydrogen) atoms. The minimum Gasteiger partial charge on any atom is -0.507 e. The van der Waals surface area contributed by atoms with Gasteiger partial charge in [-0.1, -0.05) is 11.6 Å². The molecule has 0 radical (unpaired) electrons. The maximum Gasteiger partial charge on any atom is 0.257 e. The van der Waals surface area contributed by atoms with Crippen LogP contribution in [0, 0.1) is 0 Å². The molecule has 1 N–H and O–H groups in total. The summed E-state index contributed by atoms with van der Waals surface area (Å²) in [7, 11) is 1.52. The second kappa shape index (κ2) is 7.37. The molecule has 5 nitrogen and oxygen atoms in total. The fourth-order valence-electron chi connectivity index (χ4n) is 3.41. The third-order valence-corrected chi connectivity index (χ3v) is 6.37. The first-order valence-corrected chi connectivity index (χ1v) is 9.97. The van der Waals surface area contributed by atoms with Gasteiger partial charge in [-0.15, -0.1) is 11.3 Å². The molecule has 4 rings (SSSR count). The molecule has 1 aliphatic rings. The SMILES string of the molecule is COc1ccc(C(=O)N2CCC(c3nc4cc(Cl)ccc4s3)CC2)c(O)c1. The van der Waals surface area contributed by atoms with Gasteiger partial charge in [0.25, 0.3) is 5.91 Å². The van der Waals surface area contributed by atoms with Gasteiger partial charge in [0.2, 0.25) is 0 Å². The number of hydrogen-bond donors (Lipinski definition) is 1. The highest BCUT2D eigenvalue weighted by Crippen LogP contribution is 2.35. The number of piperidine rings is 1. The number of fused-ring (bicyclic) bond motifs is 1. The predicted molar refractivity (Wildman–Crippen MR) is 107 cm³/mol. The fourth-order valence-corrected chi connectivity index (χ4v) is 4.70. The number of aromatic hydroxyl groups is 1. The van der Waals surface area contributed by atoms with E-state index in [1.54, 1.807) is 28.4 Å². The van der Waals surface area contributed by atoms with Crippen molar-refractivity contribution in [3.63, 3.8) is 0 Å². The van der Waals surface area contributed by atoms with Gasteiger partial charge in [0.05, 0.1) is 27.9 Å².